The van der Waals surface area contributed by atoms with Gasteiger partial charge >= 0.3 is 0 Å². The van der Waals surface area contributed by atoms with Crippen molar-refractivity contribution in [2.24, 2.45) is 0 Å². The van der Waals surface area contributed by atoms with Crippen molar-refractivity contribution in [1.82, 2.24) is 4.90 Å². The van der Waals surface area contributed by atoms with Crippen molar-refractivity contribution in [2.45, 2.75) is 39.0 Å². The van der Waals surface area contributed by atoms with Crippen molar-refractivity contribution in [3.8, 4) is 0 Å². The molecule has 1 aliphatic heterocycles. The molecule has 0 bridgehead atoms. The van der Waals surface area contributed by atoms with E-state index in [1.807, 2.05) is 24.3 Å². The normalized spacial score (nSPS) is 16.6. The Balaban J connectivity index is 2.10. The summed E-state index contributed by atoms with van der Waals surface area (Å²) in [5.74, 6) is 0.292. The molecule has 0 saturated carbocycles. The van der Waals surface area contributed by atoms with Crippen LogP contribution in [0.3, 0.4) is 0 Å². The van der Waals surface area contributed by atoms with Gasteiger partial charge in [-0.15, -0.1) is 0 Å². The third kappa shape index (κ3) is 3.22. The van der Waals surface area contributed by atoms with E-state index in [0.717, 1.165) is 0 Å². The lowest BCUT2D eigenvalue weighted by Crippen LogP contribution is -2.38. The number of ketones is 1. The van der Waals surface area contributed by atoms with E-state index >= 15 is 0 Å². The van der Waals surface area contributed by atoms with E-state index in [4.69, 9.17) is 0 Å². The van der Waals surface area contributed by atoms with Gasteiger partial charge in [0, 0.05) is 31.5 Å². The van der Waals surface area contributed by atoms with Gasteiger partial charge in [0.1, 0.15) is 5.78 Å². The van der Waals surface area contributed by atoms with Crippen molar-refractivity contribution in [3.63, 3.8) is 0 Å². The van der Waals surface area contributed by atoms with Gasteiger partial charge in [-0.3, -0.25) is 9.59 Å². The number of rotatable bonds is 1. The predicted molar refractivity (Wildman–Crippen MR) is 75.3 cm³/mol. The number of Topliss-reactive ketones (excluding diaryl/α,β-unsaturated/α-hetero) is 1. The molecule has 1 fully saturated rings. The zero-order valence-electron chi connectivity index (χ0n) is 11.9. The first-order valence-electron chi connectivity index (χ1n) is 6.79. The van der Waals surface area contributed by atoms with Crippen LogP contribution >= 0.6 is 0 Å². The summed E-state index contributed by atoms with van der Waals surface area (Å²) >= 11 is 0. The standard InChI is InChI=1S/C16H21NO2/c1-16(2,3)13-6-4-12(5-7-13)15(19)17-10-8-14(18)9-11-17/h4-7H,8-11H2,1-3H3. The Morgan fingerprint density at radius 1 is 1.05 bits per heavy atom. The maximum absolute atomic E-state index is 12.3. The first-order valence-corrected chi connectivity index (χ1v) is 6.79. The third-order valence-corrected chi connectivity index (χ3v) is 3.61. The van der Waals surface area contributed by atoms with E-state index in [9.17, 15) is 9.59 Å². The Morgan fingerprint density at radius 3 is 2.05 bits per heavy atom. The van der Waals surface area contributed by atoms with Crippen molar-refractivity contribution in [3.05, 3.63) is 35.4 Å². The van der Waals surface area contributed by atoms with E-state index in [-0.39, 0.29) is 17.1 Å². The summed E-state index contributed by atoms with van der Waals surface area (Å²) in [5.41, 5.74) is 2.03. The largest absolute Gasteiger partial charge is 0.338 e. The van der Waals surface area contributed by atoms with Crippen LogP contribution in [0.1, 0.15) is 49.5 Å². The van der Waals surface area contributed by atoms with Crippen LogP contribution in [0.5, 0.6) is 0 Å². The summed E-state index contributed by atoms with van der Waals surface area (Å²) in [6, 6.07) is 7.81. The van der Waals surface area contributed by atoms with Gasteiger partial charge in [-0.1, -0.05) is 32.9 Å². The Bertz CT molecular complexity index is 472. The van der Waals surface area contributed by atoms with Crippen LogP contribution in [-0.4, -0.2) is 29.7 Å². The van der Waals surface area contributed by atoms with E-state index in [0.29, 0.717) is 31.5 Å². The fraction of sp³-hybridized carbons (Fsp3) is 0.500. The Morgan fingerprint density at radius 2 is 1.58 bits per heavy atom. The minimum absolute atomic E-state index is 0.0351. The van der Waals surface area contributed by atoms with Crippen molar-refractivity contribution < 1.29 is 9.59 Å². The molecule has 0 spiro atoms. The van der Waals surface area contributed by atoms with Crippen molar-refractivity contribution >= 4 is 11.7 Å². The molecule has 0 unspecified atom stereocenters. The molecule has 19 heavy (non-hydrogen) atoms. The van der Waals surface area contributed by atoms with Gasteiger partial charge in [0.25, 0.3) is 5.91 Å². The summed E-state index contributed by atoms with van der Waals surface area (Å²) in [7, 11) is 0. The molecule has 1 aromatic rings. The smallest absolute Gasteiger partial charge is 0.253 e. The van der Waals surface area contributed by atoms with Gasteiger partial charge < -0.3 is 4.90 Å². The fourth-order valence-corrected chi connectivity index (χ4v) is 2.25. The van der Waals surface area contributed by atoms with Crippen LogP contribution in [0.25, 0.3) is 0 Å². The highest BCUT2D eigenvalue weighted by Crippen LogP contribution is 2.22. The topological polar surface area (TPSA) is 37.4 Å². The van der Waals surface area contributed by atoms with Crippen molar-refractivity contribution in [1.29, 1.82) is 0 Å². The highest BCUT2D eigenvalue weighted by Gasteiger charge is 2.22. The molecule has 0 aromatic heterocycles. The molecule has 0 atom stereocenters. The van der Waals surface area contributed by atoms with Gasteiger partial charge in [0.15, 0.2) is 0 Å². The lowest BCUT2D eigenvalue weighted by atomic mass is 9.86. The molecule has 1 heterocycles. The zero-order valence-corrected chi connectivity index (χ0v) is 11.9. The van der Waals surface area contributed by atoms with Gasteiger partial charge in [0.2, 0.25) is 0 Å². The second kappa shape index (κ2) is 5.16. The maximum Gasteiger partial charge on any atom is 0.253 e. The zero-order chi connectivity index (χ0) is 14.0. The van der Waals surface area contributed by atoms with Crippen molar-refractivity contribution in [2.75, 3.05) is 13.1 Å². The van der Waals surface area contributed by atoms with Gasteiger partial charge in [0.05, 0.1) is 0 Å². The quantitative estimate of drug-likeness (QED) is 0.777. The van der Waals surface area contributed by atoms with Gasteiger partial charge in [-0.05, 0) is 23.1 Å². The molecule has 1 saturated heterocycles. The molecule has 1 aliphatic rings. The lowest BCUT2D eigenvalue weighted by Gasteiger charge is -2.26. The summed E-state index contributed by atoms with van der Waals surface area (Å²) < 4.78 is 0. The molecular formula is C16H21NO2. The van der Waals surface area contributed by atoms with Crippen LogP contribution in [0.4, 0.5) is 0 Å². The number of likely N-dealkylation sites (tertiary alicyclic amines) is 1. The summed E-state index contributed by atoms with van der Waals surface area (Å²) in [4.78, 5) is 25.2. The van der Waals surface area contributed by atoms with Crippen LogP contribution < -0.4 is 0 Å². The van der Waals surface area contributed by atoms with Crippen LogP contribution in [0.15, 0.2) is 24.3 Å². The van der Waals surface area contributed by atoms with E-state index in [1.54, 1.807) is 4.90 Å². The highest BCUT2D eigenvalue weighted by atomic mass is 16.2. The molecule has 1 amide bonds. The number of nitrogens with zero attached hydrogens (tertiary/aromatic N) is 1. The van der Waals surface area contributed by atoms with E-state index in [2.05, 4.69) is 20.8 Å². The second-order valence-corrected chi connectivity index (χ2v) is 6.16. The van der Waals surface area contributed by atoms with Crippen LogP contribution in [-0.2, 0) is 10.2 Å². The minimum Gasteiger partial charge on any atom is -0.338 e. The van der Waals surface area contributed by atoms with Crippen LogP contribution in [0, 0.1) is 0 Å². The number of hydrogen-bond donors (Lipinski definition) is 0. The number of benzene rings is 1. The number of hydrogen-bond acceptors (Lipinski definition) is 2. The first-order chi connectivity index (χ1) is 8.88. The average molecular weight is 259 g/mol. The third-order valence-electron chi connectivity index (χ3n) is 3.61. The Labute approximate surface area is 114 Å². The molecular weight excluding hydrogens is 238 g/mol. The highest BCUT2D eigenvalue weighted by molar-refractivity contribution is 5.95. The second-order valence-electron chi connectivity index (χ2n) is 6.16. The SMILES string of the molecule is CC(C)(C)c1ccc(C(=O)N2CCC(=O)CC2)cc1. The molecule has 1 aromatic carbocycles. The van der Waals surface area contributed by atoms with Gasteiger partial charge in [-0.25, -0.2) is 0 Å². The maximum atomic E-state index is 12.3. The number of piperidine rings is 1. The summed E-state index contributed by atoms with van der Waals surface area (Å²) in [5, 5.41) is 0. The molecule has 0 N–H and O–H groups in total. The number of amides is 1. The van der Waals surface area contributed by atoms with E-state index in [1.165, 1.54) is 5.56 Å². The molecule has 0 radical (unpaired) electrons. The number of carbonyl (C=O) groups excluding carboxylic acids is 2. The monoisotopic (exact) mass is 259 g/mol. The lowest BCUT2D eigenvalue weighted by molar-refractivity contribution is -0.120. The van der Waals surface area contributed by atoms with E-state index < -0.39 is 0 Å². The Hall–Kier alpha value is -1.64. The average Bonchev–Trinajstić information content (AvgIpc) is 2.38. The van der Waals surface area contributed by atoms with Gasteiger partial charge in [-0.2, -0.15) is 0 Å². The summed E-state index contributed by atoms with van der Waals surface area (Å²) in [6.45, 7) is 7.57. The predicted octanol–water partition coefficient (Wildman–Crippen LogP) is 2.79. The minimum atomic E-state index is 0.0351. The molecule has 3 heteroatoms. The molecule has 2 rings (SSSR count). The van der Waals surface area contributed by atoms with Crippen LogP contribution in [0.2, 0.25) is 0 Å². The Kier molecular flexibility index (Phi) is 3.74. The summed E-state index contributed by atoms with van der Waals surface area (Å²) in [6.07, 6.45) is 0.984. The fourth-order valence-electron chi connectivity index (χ4n) is 2.25. The molecule has 3 nitrogen and oxygen atoms in total. The number of carbonyl (C=O) groups is 2. The molecule has 0 aliphatic carbocycles. The molecule has 102 valence electrons. The first kappa shape index (κ1) is 13.8.